The zero-order valence-corrected chi connectivity index (χ0v) is 9.82. The van der Waals surface area contributed by atoms with Gasteiger partial charge in [-0.1, -0.05) is 34.1 Å². The third kappa shape index (κ3) is 3.16. The minimum Gasteiger partial charge on any atom is -0.294 e. The fraction of sp³-hybridized carbons (Fsp3) is 0.300. The smallest absolute Gasteiger partial charge is 0.164 e. The molecule has 0 fully saturated rings. The van der Waals surface area contributed by atoms with Gasteiger partial charge in [-0.25, -0.2) is 0 Å². The molecule has 1 aromatic rings. The maximum Gasteiger partial charge on any atom is 0.164 e. The van der Waals surface area contributed by atoms with Gasteiger partial charge < -0.3 is 0 Å². The molecular weight excluding hydrogens is 248 g/mol. The van der Waals surface area contributed by atoms with Crippen LogP contribution in [0.3, 0.4) is 0 Å². The summed E-state index contributed by atoms with van der Waals surface area (Å²) < 4.78 is 0.890. The van der Waals surface area contributed by atoms with Crippen LogP contribution in [0, 0.1) is 0 Å². The molecule has 0 atom stereocenters. The van der Waals surface area contributed by atoms with Crippen molar-refractivity contribution >= 4 is 33.5 Å². The van der Waals surface area contributed by atoms with Gasteiger partial charge in [-0.05, 0) is 12.3 Å². The summed E-state index contributed by atoms with van der Waals surface area (Å²) in [7, 11) is 0. The molecule has 0 spiro atoms. The van der Waals surface area contributed by atoms with Gasteiger partial charge in [0.05, 0.1) is 0 Å². The van der Waals surface area contributed by atoms with Crippen LogP contribution < -0.4 is 0 Å². The van der Waals surface area contributed by atoms with E-state index in [9.17, 15) is 4.79 Å². The Labute approximate surface area is 91.0 Å². The van der Waals surface area contributed by atoms with Crippen molar-refractivity contribution in [3.8, 4) is 0 Å². The second-order valence-corrected chi connectivity index (χ2v) is 4.49. The third-order valence-corrected chi connectivity index (χ3v) is 3.01. The first kappa shape index (κ1) is 10.8. The van der Waals surface area contributed by atoms with Gasteiger partial charge >= 0.3 is 0 Å². The molecule has 0 bridgehead atoms. The largest absolute Gasteiger partial charge is 0.294 e. The lowest BCUT2D eigenvalue weighted by Gasteiger charge is -2.01. The number of thioether (sulfide) groups is 1. The molecule has 13 heavy (non-hydrogen) atoms. The van der Waals surface area contributed by atoms with E-state index in [1.165, 1.54) is 0 Å². The van der Waals surface area contributed by atoms with Crippen LogP contribution in [0.15, 0.2) is 28.7 Å². The predicted molar refractivity (Wildman–Crippen MR) is 61.5 cm³/mol. The summed E-state index contributed by atoms with van der Waals surface area (Å²) in [6.07, 6.45) is 2.62. The quantitative estimate of drug-likeness (QED) is 0.771. The monoisotopic (exact) mass is 258 g/mol. The molecule has 0 amide bonds. The number of benzene rings is 1. The van der Waals surface area contributed by atoms with Gasteiger partial charge in [0.1, 0.15) is 0 Å². The highest BCUT2D eigenvalue weighted by atomic mass is 79.9. The van der Waals surface area contributed by atoms with Crippen molar-refractivity contribution in [2.75, 3.05) is 12.0 Å². The van der Waals surface area contributed by atoms with E-state index in [1.807, 2.05) is 30.5 Å². The van der Waals surface area contributed by atoms with E-state index in [-0.39, 0.29) is 5.78 Å². The molecule has 3 heteroatoms. The zero-order chi connectivity index (χ0) is 9.68. The molecule has 1 rings (SSSR count). The van der Waals surface area contributed by atoms with Crippen molar-refractivity contribution in [3.05, 3.63) is 34.3 Å². The summed E-state index contributed by atoms with van der Waals surface area (Å²) in [5, 5.41) is 0. The molecular formula is C10H11BrOS. The number of rotatable bonds is 4. The standard InChI is InChI=1S/C10H11BrOS/c1-13-7-6-10(12)8-4-2-3-5-9(8)11/h2-5H,6-7H2,1H3. The average Bonchev–Trinajstić information content (AvgIpc) is 2.15. The number of carbonyl (C=O) groups is 1. The Morgan fingerprint density at radius 2 is 2.15 bits per heavy atom. The summed E-state index contributed by atoms with van der Waals surface area (Å²) in [4.78, 5) is 11.6. The zero-order valence-electron chi connectivity index (χ0n) is 7.42. The van der Waals surface area contributed by atoms with E-state index in [1.54, 1.807) is 11.8 Å². The van der Waals surface area contributed by atoms with E-state index >= 15 is 0 Å². The minimum atomic E-state index is 0.210. The topological polar surface area (TPSA) is 17.1 Å². The molecule has 1 aromatic carbocycles. The summed E-state index contributed by atoms with van der Waals surface area (Å²) in [6.45, 7) is 0. The highest BCUT2D eigenvalue weighted by molar-refractivity contribution is 9.10. The van der Waals surface area contributed by atoms with Gasteiger partial charge in [0, 0.05) is 22.2 Å². The lowest BCUT2D eigenvalue weighted by atomic mass is 10.1. The summed E-state index contributed by atoms with van der Waals surface area (Å²) in [6, 6.07) is 7.55. The molecule has 0 unspecified atom stereocenters. The Kier molecular flexibility index (Phi) is 4.53. The molecule has 0 aliphatic carbocycles. The van der Waals surface area contributed by atoms with Crippen LogP contribution in [-0.4, -0.2) is 17.8 Å². The number of carbonyl (C=O) groups excluding carboxylic acids is 1. The van der Waals surface area contributed by atoms with Crippen LogP contribution in [0.1, 0.15) is 16.8 Å². The Hall–Kier alpha value is -0.280. The Bertz CT molecular complexity index is 299. The lowest BCUT2D eigenvalue weighted by Crippen LogP contribution is -2.00. The molecule has 0 aliphatic heterocycles. The highest BCUT2D eigenvalue weighted by Gasteiger charge is 2.07. The normalized spacial score (nSPS) is 10.0. The SMILES string of the molecule is CSCCC(=O)c1ccccc1Br. The van der Waals surface area contributed by atoms with E-state index in [0.717, 1.165) is 15.8 Å². The number of ketones is 1. The summed E-state index contributed by atoms with van der Waals surface area (Å²) >= 11 is 5.06. The van der Waals surface area contributed by atoms with Crippen molar-refractivity contribution in [1.29, 1.82) is 0 Å². The third-order valence-electron chi connectivity index (χ3n) is 1.71. The van der Waals surface area contributed by atoms with Gasteiger partial charge in [0.2, 0.25) is 0 Å². The van der Waals surface area contributed by atoms with E-state index in [2.05, 4.69) is 15.9 Å². The van der Waals surface area contributed by atoms with Gasteiger partial charge in [0.15, 0.2) is 5.78 Å². The van der Waals surface area contributed by atoms with Gasteiger partial charge in [0.25, 0.3) is 0 Å². The average molecular weight is 259 g/mol. The van der Waals surface area contributed by atoms with Gasteiger partial charge in [-0.15, -0.1) is 0 Å². The van der Waals surface area contributed by atoms with E-state index < -0.39 is 0 Å². The van der Waals surface area contributed by atoms with Crippen LogP contribution in [0.5, 0.6) is 0 Å². The first-order chi connectivity index (χ1) is 6.25. The van der Waals surface area contributed by atoms with Crippen LogP contribution >= 0.6 is 27.7 Å². The minimum absolute atomic E-state index is 0.210. The molecule has 0 heterocycles. The predicted octanol–water partition coefficient (Wildman–Crippen LogP) is 3.38. The molecule has 0 saturated heterocycles. The highest BCUT2D eigenvalue weighted by Crippen LogP contribution is 2.17. The fourth-order valence-electron chi connectivity index (χ4n) is 1.02. The van der Waals surface area contributed by atoms with Crippen molar-refractivity contribution in [2.45, 2.75) is 6.42 Å². The molecule has 0 N–H and O–H groups in total. The Balaban J connectivity index is 2.71. The van der Waals surface area contributed by atoms with Crippen LogP contribution in [0.4, 0.5) is 0 Å². The van der Waals surface area contributed by atoms with Gasteiger partial charge in [-0.2, -0.15) is 11.8 Å². The van der Waals surface area contributed by atoms with E-state index in [4.69, 9.17) is 0 Å². The summed E-state index contributed by atoms with van der Waals surface area (Å²) in [5.41, 5.74) is 0.788. The first-order valence-corrected chi connectivity index (χ1v) is 6.21. The van der Waals surface area contributed by atoms with Crippen molar-refractivity contribution in [1.82, 2.24) is 0 Å². The van der Waals surface area contributed by atoms with Crippen LogP contribution in [0.25, 0.3) is 0 Å². The maximum atomic E-state index is 11.6. The van der Waals surface area contributed by atoms with Crippen LogP contribution in [-0.2, 0) is 0 Å². The van der Waals surface area contributed by atoms with Crippen molar-refractivity contribution in [2.24, 2.45) is 0 Å². The lowest BCUT2D eigenvalue weighted by molar-refractivity contribution is 0.0989. The molecule has 0 saturated carbocycles. The molecule has 0 radical (unpaired) electrons. The number of hydrogen-bond donors (Lipinski definition) is 0. The first-order valence-electron chi connectivity index (χ1n) is 4.02. The Morgan fingerprint density at radius 3 is 2.77 bits per heavy atom. The fourth-order valence-corrected chi connectivity index (χ4v) is 1.91. The molecule has 1 nitrogen and oxygen atoms in total. The van der Waals surface area contributed by atoms with Crippen molar-refractivity contribution < 1.29 is 4.79 Å². The number of hydrogen-bond acceptors (Lipinski definition) is 2. The number of halogens is 1. The molecule has 0 aliphatic rings. The second-order valence-electron chi connectivity index (χ2n) is 2.65. The van der Waals surface area contributed by atoms with Gasteiger partial charge in [-0.3, -0.25) is 4.79 Å². The van der Waals surface area contributed by atoms with Crippen LogP contribution in [0.2, 0.25) is 0 Å². The van der Waals surface area contributed by atoms with Crippen molar-refractivity contribution in [3.63, 3.8) is 0 Å². The molecule has 70 valence electrons. The summed E-state index contributed by atoms with van der Waals surface area (Å²) in [5.74, 6) is 1.10. The Morgan fingerprint density at radius 1 is 1.46 bits per heavy atom. The number of Topliss-reactive ketones (excluding diaryl/α,β-unsaturated/α-hetero) is 1. The van der Waals surface area contributed by atoms with E-state index in [0.29, 0.717) is 6.42 Å². The second kappa shape index (κ2) is 5.45. The maximum absolute atomic E-state index is 11.6. The molecule has 0 aromatic heterocycles.